The number of fused-ring (bicyclic) bond motifs is 2. The summed E-state index contributed by atoms with van der Waals surface area (Å²) in [5.41, 5.74) is 1.69. The van der Waals surface area contributed by atoms with Gasteiger partial charge < -0.3 is 19.4 Å². The van der Waals surface area contributed by atoms with Gasteiger partial charge in [0, 0.05) is 17.8 Å². The molecule has 142 valence electrons. The molecule has 0 aliphatic carbocycles. The molecule has 7 heteroatoms. The zero-order valence-corrected chi connectivity index (χ0v) is 15.2. The fraction of sp³-hybridized carbons (Fsp3) is 0.190. The molecule has 0 spiro atoms. The van der Waals surface area contributed by atoms with E-state index in [1.54, 1.807) is 49.4 Å². The molecule has 0 bridgehead atoms. The van der Waals surface area contributed by atoms with E-state index < -0.39 is 18.5 Å². The first-order valence-electron chi connectivity index (χ1n) is 8.89. The molecule has 1 atom stereocenters. The van der Waals surface area contributed by atoms with Crippen molar-refractivity contribution in [3.63, 3.8) is 0 Å². The number of esters is 1. The van der Waals surface area contributed by atoms with Crippen molar-refractivity contribution < 1.29 is 23.5 Å². The van der Waals surface area contributed by atoms with E-state index in [-0.39, 0.29) is 24.1 Å². The van der Waals surface area contributed by atoms with Gasteiger partial charge in [0.1, 0.15) is 5.58 Å². The molecule has 2 amide bonds. The molecule has 28 heavy (non-hydrogen) atoms. The van der Waals surface area contributed by atoms with Crippen LogP contribution in [0.25, 0.3) is 11.0 Å². The number of hydrogen-bond donors (Lipinski definition) is 1. The Morgan fingerprint density at radius 1 is 1.18 bits per heavy atom. The van der Waals surface area contributed by atoms with E-state index in [1.807, 2.05) is 12.1 Å². The molecular formula is C21H18N2O5. The second-order valence-electron chi connectivity index (χ2n) is 6.61. The predicted molar refractivity (Wildman–Crippen MR) is 103 cm³/mol. The smallest absolute Gasteiger partial charge is 0.374 e. The third kappa shape index (κ3) is 3.34. The summed E-state index contributed by atoms with van der Waals surface area (Å²) in [6, 6.07) is 15.4. The minimum Gasteiger partial charge on any atom is -0.450 e. The van der Waals surface area contributed by atoms with E-state index in [2.05, 4.69) is 5.32 Å². The van der Waals surface area contributed by atoms with Gasteiger partial charge in [0.15, 0.2) is 6.61 Å². The van der Waals surface area contributed by atoms with Gasteiger partial charge in [-0.15, -0.1) is 0 Å². The Bertz CT molecular complexity index is 1040. The molecule has 0 saturated carbocycles. The number of amides is 2. The average Bonchev–Trinajstić information content (AvgIpc) is 3.06. The number of nitrogens with zero attached hydrogens (tertiary/aromatic N) is 1. The number of carbonyl (C=O) groups excluding carboxylic acids is 3. The summed E-state index contributed by atoms with van der Waals surface area (Å²) in [5, 5.41) is 3.57. The number of ether oxygens (including phenoxy) is 1. The van der Waals surface area contributed by atoms with E-state index in [0.717, 1.165) is 5.39 Å². The van der Waals surface area contributed by atoms with Crippen LogP contribution in [0.15, 0.2) is 59.0 Å². The summed E-state index contributed by atoms with van der Waals surface area (Å²) in [6.45, 7) is 1.32. The third-order valence-electron chi connectivity index (χ3n) is 4.58. The Morgan fingerprint density at radius 3 is 2.75 bits per heavy atom. The Kier molecular flexibility index (Phi) is 4.57. The highest BCUT2D eigenvalue weighted by atomic mass is 16.5. The molecule has 1 N–H and O–H groups in total. The Hall–Kier alpha value is -3.61. The first-order valence-corrected chi connectivity index (χ1v) is 8.89. The average molecular weight is 378 g/mol. The first-order chi connectivity index (χ1) is 13.5. The van der Waals surface area contributed by atoms with Gasteiger partial charge in [-0.25, -0.2) is 4.79 Å². The lowest BCUT2D eigenvalue weighted by Crippen LogP contribution is -2.41. The van der Waals surface area contributed by atoms with Crippen LogP contribution < -0.4 is 10.2 Å². The van der Waals surface area contributed by atoms with Crippen molar-refractivity contribution in [3.05, 3.63) is 60.4 Å². The van der Waals surface area contributed by atoms with E-state index in [0.29, 0.717) is 17.0 Å². The molecule has 2 aromatic carbocycles. The molecule has 1 aliphatic heterocycles. The quantitative estimate of drug-likeness (QED) is 0.706. The van der Waals surface area contributed by atoms with Crippen molar-refractivity contribution in [3.8, 4) is 0 Å². The van der Waals surface area contributed by atoms with Gasteiger partial charge in [-0.05, 0) is 31.2 Å². The van der Waals surface area contributed by atoms with Crippen LogP contribution in [0.2, 0.25) is 0 Å². The van der Waals surface area contributed by atoms with Crippen LogP contribution in [0.4, 0.5) is 11.4 Å². The highest BCUT2D eigenvalue weighted by molar-refractivity contribution is 6.05. The van der Waals surface area contributed by atoms with Gasteiger partial charge in [0.25, 0.3) is 5.91 Å². The standard InChI is InChI=1S/C21H18N2O5/c1-13-10-19(24)22-15-7-3-4-8-16(15)23(13)20(25)12-27-21(26)18-11-14-6-2-5-9-17(14)28-18/h2-9,11,13H,10,12H2,1H3,(H,22,24)/t13-/m1/s1. The largest absolute Gasteiger partial charge is 0.450 e. The van der Waals surface area contributed by atoms with Crippen molar-refractivity contribution in [2.75, 3.05) is 16.8 Å². The van der Waals surface area contributed by atoms with Crippen molar-refractivity contribution in [1.82, 2.24) is 0 Å². The zero-order chi connectivity index (χ0) is 19.7. The van der Waals surface area contributed by atoms with Gasteiger partial charge >= 0.3 is 5.97 Å². The van der Waals surface area contributed by atoms with Crippen LogP contribution in [0.5, 0.6) is 0 Å². The van der Waals surface area contributed by atoms with Crippen molar-refractivity contribution in [2.45, 2.75) is 19.4 Å². The molecule has 1 aromatic heterocycles. The summed E-state index contributed by atoms with van der Waals surface area (Å²) >= 11 is 0. The number of carbonyl (C=O) groups is 3. The van der Waals surface area contributed by atoms with Crippen LogP contribution in [-0.2, 0) is 14.3 Å². The summed E-state index contributed by atoms with van der Waals surface area (Å²) in [6.07, 6.45) is 0.151. The fourth-order valence-electron chi connectivity index (χ4n) is 3.32. The number of furan rings is 1. The topological polar surface area (TPSA) is 88.9 Å². The molecule has 0 radical (unpaired) electrons. The molecule has 0 unspecified atom stereocenters. The van der Waals surface area contributed by atoms with E-state index in [4.69, 9.17) is 9.15 Å². The lowest BCUT2D eigenvalue weighted by Gasteiger charge is -2.27. The number of benzene rings is 2. The summed E-state index contributed by atoms with van der Waals surface area (Å²) in [5.74, 6) is -1.26. The maximum atomic E-state index is 12.8. The van der Waals surface area contributed by atoms with Gasteiger partial charge in [0.2, 0.25) is 11.7 Å². The Balaban J connectivity index is 1.51. The highest BCUT2D eigenvalue weighted by Crippen LogP contribution is 2.31. The number of para-hydroxylation sites is 3. The maximum Gasteiger partial charge on any atom is 0.374 e. The molecule has 1 aliphatic rings. The first kappa shape index (κ1) is 17.8. The number of rotatable bonds is 3. The zero-order valence-electron chi connectivity index (χ0n) is 15.2. The third-order valence-corrected chi connectivity index (χ3v) is 4.58. The molecule has 7 nitrogen and oxygen atoms in total. The van der Waals surface area contributed by atoms with Gasteiger partial charge in [-0.3, -0.25) is 9.59 Å². The monoisotopic (exact) mass is 378 g/mol. The Morgan fingerprint density at radius 2 is 1.93 bits per heavy atom. The van der Waals surface area contributed by atoms with Crippen molar-refractivity contribution >= 4 is 40.1 Å². The molecule has 0 fully saturated rings. The lowest BCUT2D eigenvalue weighted by atomic mass is 10.1. The van der Waals surface area contributed by atoms with Crippen molar-refractivity contribution in [1.29, 1.82) is 0 Å². The normalized spacial score (nSPS) is 16.2. The molecule has 2 heterocycles. The lowest BCUT2D eigenvalue weighted by molar-refractivity contribution is -0.122. The van der Waals surface area contributed by atoms with Crippen molar-refractivity contribution in [2.24, 2.45) is 0 Å². The summed E-state index contributed by atoms with van der Waals surface area (Å²) in [4.78, 5) is 38.6. The van der Waals surface area contributed by atoms with Gasteiger partial charge in [-0.1, -0.05) is 30.3 Å². The van der Waals surface area contributed by atoms with Crippen LogP contribution in [0.1, 0.15) is 23.9 Å². The van der Waals surface area contributed by atoms with Gasteiger partial charge in [0.05, 0.1) is 11.4 Å². The maximum absolute atomic E-state index is 12.8. The number of anilines is 2. The summed E-state index contributed by atoms with van der Waals surface area (Å²) < 4.78 is 10.6. The molecule has 0 saturated heterocycles. The Labute approximate surface area is 160 Å². The van der Waals surface area contributed by atoms with E-state index in [9.17, 15) is 14.4 Å². The van der Waals surface area contributed by atoms with Gasteiger partial charge in [-0.2, -0.15) is 0 Å². The molecule has 4 rings (SSSR count). The van der Waals surface area contributed by atoms with Crippen LogP contribution in [0, 0.1) is 0 Å². The molecule has 3 aromatic rings. The number of hydrogen-bond acceptors (Lipinski definition) is 5. The van der Waals surface area contributed by atoms with Crippen LogP contribution >= 0.6 is 0 Å². The number of nitrogens with one attached hydrogen (secondary N) is 1. The van der Waals surface area contributed by atoms with E-state index >= 15 is 0 Å². The van der Waals surface area contributed by atoms with Crippen LogP contribution in [0.3, 0.4) is 0 Å². The van der Waals surface area contributed by atoms with Crippen LogP contribution in [-0.4, -0.2) is 30.4 Å². The SMILES string of the molecule is C[C@@H]1CC(=O)Nc2ccccc2N1C(=O)COC(=O)c1cc2ccccc2o1. The van der Waals surface area contributed by atoms with E-state index in [1.165, 1.54) is 4.90 Å². The predicted octanol–water partition coefficient (Wildman–Crippen LogP) is 3.35. The summed E-state index contributed by atoms with van der Waals surface area (Å²) in [7, 11) is 0. The second-order valence-corrected chi connectivity index (χ2v) is 6.61. The minimum absolute atomic E-state index is 0.0372. The minimum atomic E-state index is -0.713. The fourth-order valence-corrected chi connectivity index (χ4v) is 3.32. The second kappa shape index (κ2) is 7.19. The highest BCUT2D eigenvalue weighted by Gasteiger charge is 2.30. The molecular weight excluding hydrogens is 360 g/mol.